The summed E-state index contributed by atoms with van der Waals surface area (Å²) in [6.07, 6.45) is 0. The Bertz CT molecular complexity index is 616. The van der Waals surface area contributed by atoms with E-state index in [2.05, 4.69) is 18.2 Å². The van der Waals surface area contributed by atoms with E-state index in [0.717, 1.165) is 5.75 Å². The van der Waals surface area contributed by atoms with Gasteiger partial charge in [0.1, 0.15) is 5.75 Å². The van der Waals surface area contributed by atoms with Crippen molar-refractivity contribution >= 4 is 32.5 Å². The second kappa shape index (κ2) is 14.5. The van der Waals surface area contributed by atoms with Crippen molar-refractivity contribution in [3.63, 3.8) is 0 Å². The van der Waals surface area contributed by atoms with Crippen LogP contribution in [0.4, 0.5) is 51.8 Å². The molecule has 0 unspecified atom stereocenters. The topological polar surface area (TPSA) is 9.23 Å². The summed E-state index contributed by atoms with van der Waals surface area (Å²) in [7, 11) is -16.3. The number of benzene rings is 2. The maximum Gasteiger partial charge on any atom is 1.00 e. The normalized spacial score (nSPS) is 10.8. The molecule has 0 fully saturated rings. The summed E-state index contributed by atoms with van der Waals surface area (Å²) in [6, 6.07) is 14.2. The monoisotopic (exact) mass is 459 g/mol. The van der Waals surface area contributed by atoms with E-state index < -0.39 is 21.8 Å². The molecule has 0 spiro atoms. The molecular formula is C11H11B3F12KO-3. The summed E-state index contributed by atoms with van der Waals surface area (Å²) >= 11 is 0. The molecule has 0 saturated carbocycles. The number of rotatable bonds is 1. The van der Waals surface area contributed by atoms with E-state index in [9.17, 15) is 51.8 Å². The number of fused-ring (bicyclic) bond motifs is 1. The van der Waals surface area contributed by atoms with Crippen LogP contribution in [0.25, 0.3) is 10.8 Å². The zero-order chi connectivity index (χ0) is 21.9. The molecule has 158 valence electrons. The average Bonchev–Trinajstić information content (AvgIpc) is 2.41. The molecule has 0 atom stereocenters. The number of halogens is 12. The Balaban J connectivity index is -0.000000158. The Kier molecular flexibility index (Phi) is 16.6. The average molecular weight is 459 g/mol. The number of hydrogen-bond acceptors (Lipinski definition) is 1. The molecule has 0 aliphatic rings. The van der Waals surface area contributed by atoms with Crippen LogP contribution in [0.15, 0.2) is 42.5 Å². The van der Waals surface area contributed by atoms with Crippen molar-refractivity contribution in [1.29, 1.82) is 0 Å². The van der Waals surface area contributed by atoms with Crippen LogP contribution >= 0.6 is 0 Å². The zero-order valence-corrected chi connectivity index (χ0v) is 17.3. The van der Waals surface area contributed by atoms with Crippen LogP contribution in [0.3, 0.4) is 0 Å². The molecule has 2 aromatic carbocycles. The molecule has 0 aliphatic carbocycles. The summed E-state index contributed by atoms with van der Waals surface area (Å²) in [6.45, 7) is 0. The summed E-state index contributed by atoms with van der Waals surface area (Å²) in [5.41, 5.74) is 0. The van der Waals surface area contributed by atoms with E-state index in [1.54, 1.807) is 7.11 Å². The fourth-order valence-electron chi connectivity index (χ4n) is 1.37. The zero-order valence-electron chi connectivity index (χ0n) is 15.2. The third kappa shape index (κ3) is 30.2. The van der Waals surface area contributed by atoms with Crippen molar-refractivity contribution in [3.8, 4) is 5.75 Å². The smallest absolute Gasteiger partial charge is 1.00 e. The van der Waals surface area contributed by atoms with Crippen LogP contribution in [0.5, 0.6) is 5.75 Å². The molecule has 0 N–H and O–H groups in total. The van der Waals surface area contributed by atoms with E-state index in [4.69, 9.17) is 4.74 Å². The molecular weight excluding hydrogens is 448 g/mol. The van der Waals surface area contributed by atoms with E-state index in [0.29, 0.717) is 0 Å². The van der Waals surface area contributed by atoms with Gasteiger partial charge in [-0.2, -0.15) is 0 Å². The maximum absolute atomic E-state index is 9.75. The minimum absolute atomic E-state index is 0. The molecule has 0 bridgehead atoms. The van der Waals surface area contributed by atoms with Crippen molar-refractivity contribution in [2.75, 3.05) is 7.11 Å². The Morgan fingerprint density at radius 2 is 0.929 bits per heavy atom. The molecule has 0 amide bonds. The van der Waals surface area contributed by atoms with Crippen molar-refractivity contribution in [1.82, 2.24) is 0 Å². The van der Waals surface area contributed by atoms with Crippen molar-refractivity contribution in [3.05, 3.63) is 42.5 Å². The first kappa shape index (κ1) is 32.2. The molecule has 2 aromatic rings. The van der Waals surface area contributed by atoms with Gasteiger partial charge in [0.05, 0.1) is 7.11 Å². The van der Waals surface area contributed by atoms with Crippen molar-refractivity contribution < 1.29 is 109 Å². The minimum atomic E-state index is -6.00. The van der Waals surface area contributed by atoms with Gasteiger partial charge in [-0.25, -0.2) is 0 Å². The summed E-state index contributed by atoms with van der Waals surface area (Å²) in [4.78, 5) is 0. The summed E-state index contributed by atoms with van der Waals surface area (Å²) in [5.74, 6) is 0.938. The second-order valence-corrected chi connectivity index (χ2v) is 4.17. The van der Waals surface area contributed by atoms with Crippen LogP contribution in [-0.2, 0) is 0 Å². The Morgan fingerprint density at radius 1 is 0.607 bits per heavy atom. The molecule has 0 aromatic heterocycles. The standard InChI is InChI=1S/C11H10O.3BF4.K.H/c1-12-11-8-4-6-9-5-2-3-7-10(9)11;3*2-1(3,4)5;;/h2-8H,1H3;;;;;/q;3*-1;+1;-1. The molecule has 1 nitrogen and oxygen atoms in total. The van der Waals surface area contributed by atoms with Crippen LogP contribution in [0.1, 0.15) is 1.43 Å². The van der Waals surface area contributed by atoms with Gasteiger partial charge in [0, 0.05) is 5.39 Å². The van der Waals surface area contributed by atoms with Crippen LogP contribution in [-0.4, -0.2) is 28.9 Å². The minimum Gasteiger partial charge on any atom is -1.00 e. The predicted octanol–water partition coefficient (Wildman–Crippen LogP) is 3.86. The third-order valence-electron chi connectivity index (χ3n) is 1.97. The van der Waals surface area contributed by atoms with E-state index >= 15 is 0 Å². The van der Waals surface area contributed by atoms with Crippen molar-refractivity contribution in [2.45, 2.75) is 0 Å². The fraction of sp³-hybridized carbons (Fsp3) is 0.0909. The maximum atomic E-state index is 9.75. The van der Waals surface area contributed by atoms with Gasteiger partial charge in [0.15, 0.2) is 0 Å². The van der Waals surface area contributed by atoms with Gasteiger partial charge in [0.2, 0.25) is 0 Å². The SMILES string of the molecule is COc1cccc2ccccc12.F[B-](F)(F)F.F[B-](F)(F)F.F[B-](F)(F)F.[H-].[K+]. The van der Waals surface area contributed by atoms with Gasteiger partial charge in [-0.1, -0.05) is 36.4 Å². The number of methoxy groups -OCH3 is 1. The third-order valence-corrected chi connectivity index (χ3v) is 1.97. The van der Waals surface area contributed by atoms with E-state index in [1.165, 1.54) is 10.8 Å². The first-order valence-corrected chi connectivity index (χ1v) is 6.55. The Morgan fingerprint density at radius 3 is 1.29 bits per heavy atom. The molecule has 2 rings (SSSR count). The Labute approximate surface area is 196 Å². The van der Waals surface area contributed by atoms with Gasteiger partial charge in [0.25, 0.3) is 0 Å². The summed E-state index contributed by atoms with van der Waals surface area (Å²) in [5, 5.41) is 2.39. The molecule has 0 radical (unpaired) electrons. The molecule has 0 heterocycles. The van der Waals surface area contributed by atoms with E-state index in [-0.39, 0.29) is 52.8 Å². The quantitative estimate of drug-likeness (QED) is 0.466. The first-order valence-electron chi connectivity index (χ1n) is 6.55. The van der Waals surface area contributed by atoms with Gasteiger partial charge in [-0.3, -0.25) is 0 Å². The molecule has 28 heavy (non-hydrogen) atoms. The molecule has 0 aliphatic heterocycles. The predicted molar refractivity (Wildman–Crippen MR) is 82.2 cm³/mol. The first-order chi connectivity index (χ1) is 11.9. The number of hydrogen-bond donors (Lipinski definition) is 0. The second-order valence-electron chi connectivity index (χ2n) is 4.17. The molecule has 0 saturated heterocycles. The van der Waals surface area contributed by atoms with Gasteiger partial charge in [-0.15, -0.1) is 0 Å². The van der Waals surface area contributed by atoms with Gasteiger partial charge < -0.3 is 58.0 Å². The van der Waals surface area contributed by atoms with Crippen LogP contribution in [0.2, 0.25) is 0 Å². The number of ether oxygens (including phenoxy) is 1. The Hall–Kier alpha value is -0.509. The van der Waals surface area contributed by atoms with Crippen molar-refractivity contribution in [2.24, 2.45) is 0 Å². The largest absolute Gasteiger partial charge is 1.00 e. The van der Waals surface area contributed by atoms with Crippen LogP contribution in [0, 0.1) is 0 Å². The van der Waals surface area contributed by atoms with Gasteiger partial charge in [-0.05, 0) is 11.5 Å². The fourth-order valence-corrected chi connectivity index (χ4v) is 1.37. The van der Waals surface area contributed by atoms with Crippen LogP contribution < -0.4 is 56.1 Å². The van der Waals surface area contributed by atoms with Gasteiger partial charge >= 0.3 is 73.1 Å². The molecule has 17 heteroatoms. The van der Waals surface area contributed by atoms with E-state index in [1.807, 2.05) is 24.3 Å². The summed E-state index contributed by atoms with van der Waals surface area (Å²) < 4.78 is 122.